The molecule has 2 amide bonds. The molecule has 3 heterocycles. The molecule has 2 N–H and O–H groups in total. The van der Waals surface area contributed by atoms with Crippen LogP contribution in [-0.2, 0) is 4.79 Å². The smallest absolute Gasteiger partial charge is 0.432 e. The zero-order chi connectivity index (χ0) is 19.9. The summed E-state index contributed by atoms with van der Waals surface area (Å²) < 4.78 is 43.1. The number of benzene rings is 1. The maximum Gasteiger partial charge on any atom is 0.471 e. The van der Waals surface area contributed by atoms with E-state index in [1.54, 1.807) is 11.4 Å². The quantitative estimate of drug-likeness (QED) is 0.831. The van der Waals surface area contributed by atoms with Gasteiger partial charge in [-0.05, 0) is 31.0 Å². The zero-order valence-corrected chi connectivity index (χ0v) is 14.6. The van der Waals surface area contributed by atoms with E-state index in [9.17, 15) is 22.8 Å². The zero-order valence-electron chi connectivity index (χ0n) is 14.6. The van der Waals surface area contributed by atoms with Gasteiger partial charge in [-0.1, -0.05) is 12.1 Å². The maximum atomic E-state index is 12.5. The fraction of sp³-hybridized carbons (Fsp3) is 0.389. The summed E-state index contributed by atoms with van der Waals surface area (Å²) in [6, 6.07) is 5.87. The number of alkyl halides is 3. The highest BCUT2D eigenvalue weighted by Gasteiger charge is 2.40. The van der Waals surface area contributed by atoms with E-state index in [2.05, 4.69) is 15.2 Å². The van der Waals surface area contributed by atoms with Crippen LogP contribution >= 0.6 is 0 Å². The number of oxazole rings is 1. The van der Waals surface area contributed by atoms with Crippen LogP contribution in [-0.4, -0.2) is 53.6 Å². The maximum absolute atomic E-state index is 12.5. The Labute approximate surface area is 157 Å². The number of fused-ring (bicyclic) bond motifs is 2. The number of carbonyl (C=O) groups excluding carboxylic acids is 2. The monoisotopic (exact) mass is 394 g/mol. The molecule has 0 saturated carbocycles. The summed E-state index contributed by atoms with van der Waals surface area (Å²) in [5, 5.41) is 4.71. The van der Waals surface area contributed by atoms with Gasteiger partial charge in [0.25, 0.3) is 5.89 Å². The Balaban J connectivity index is 1.50. The van der Waals surface area contributed by atoms with Crippen molar-refractivity contribution in [1.29, 1.82) is 0 Å². The second-order valence-electron chi connectivity index (χ2n) is 6.92. The Kier molecular flexibility index (Phi) is 4.58. The third kappa shape index (κ3) is 3.59. The molecule has 1 aromatic heterocycles. The highest BCUT2D eigenvalue weighted by molar-refractivity contribution is 5.98. The molecule has 4 rings (SSSR count). The summed E-state index contributed by atoms with van der Waals surface area (Å²) in [6.07, 6.45) is -2.73. The van der Waals surface area contributed by atoms with Crippen LogP contribution in [0.1, 0.15) is 17.1 Å². The SMILES string of the molecule is O=C(NC1CN2CC[C@H]1C2)c1ncc(-c2ccccc2NC(=O)C(F)(F)F)o1. The molecule has 10 heteroatoms. The molecule has 3 atom stereocenters. The van der Waals surface area contributed by atoms with Gasteiger partial charge >= 0.3 is 18.0 Å². The number of anilines is 1. The normalized spacial score (nSPS) is 23.6. The molecule has 28 heavy (non-hydrogen) atoms. The van der Waals surface area contributed by atoms with Gasteiger partial charge in [0.2, 0.25) is 0 Å². The van der Waals surface area contributed by atoms with Gasteiger partial charge in [-0.2, -0.15) is 13.2 Å². The summed E-state index contributed by atoms with van der Waals surface area (Å²) in [5.41, 5.74) is 0.103. The second kappa shape index (κ2) is 6.93. The van der Waals surface area contributed by atoms with Crippen LogP contribution in [0.25, 0.3) is 11.3 Å². The van der Waals surface area contributed by atoms with Crippen molar-refractivity contribution in [2.75, 3.05) is 25.0 Å². The van der Waals surface area contributed by atoms with E-state index >= 15 is 0 Å². The molecule has 2 saturated heterocycles. The Bertz CT molecular complexity index is 911. The molecule has 148 valence electrons. The lowest BCUT2D eigenvalue weighted by Gasteiger charge is -2.22. The van der Waals surface area contributed by atoms with Crippen LogP contribution in [0.3, 0.4) is 0 Å². The first-order valence-electron chi connectivity index (χ1n) is 8.78. The number of aromatic nitrogens is 1. The lowest BCUT2D eigenvalue weighted by Crippen LogP contribution is -2.43. The number of hydrogen-bond donors (Lipinski definition) is 2. The number of amides is 2. The first-order chi connectivity index (χ1) is 13.3. The van der Waals surface area contributed by atoms with Crippen LogP contribution in [0, 0.1) is 5.92 Å². The molecule has 0 aliphatic carbocycles. The highest BCUT2D eigenvalue weighted by atomic mass is 19.4. The van der Waals surface area contributed by atoms with Crippen LogP contribution in [0.5, 0.6) is 0 Å². The molecule has 2 aliphatic heterocycles. The molecule has 2 bridgehead atoms. The molecule has 2 fully saturated rings. The minimum Gasteiger partial charge on any atom is -0.432 e. The summed E-state index contributed by atoms with van der Waals surface area (Å²) in [6.45, 7) is 2.80. The van der Waals surface area contributed by atoms with E-state index < -0.39 is 18.0 Å². The standard InChI is InChI=1S/C18H17F3N4O3/c19-18(20,21)17(27)24-12-4-2-1-3-11(12)14-7-22-16(28-14)15(26)23-13-9-25-6-5-10(13)8-25/h1-4,7,10,13H,5-6,8-9H2,(H,23,26)(H,24,27)/t10-,13?/m0/s1. The molecule has 7 nitrogen and oxygen atoms in total. The predicted molar refractivity (Wildman–Crippen MR) is 92.4 cm³/mol. The van der Waals surface area contributed by atoms with Crippen LogP contribution < -0.4 is 10.6 Å². The van der Waals surface area contributed by atoms with Gasteiger partial charge in [-0.15, -0.1) is 0 Å². The van der Waals surface area contributed by atoms with Gasteiger partial charge in [-0.25, -0.2) is 4.98 Å². The Morgan fingerprint density at radius 3 is 2.68 bits per heavy atom. The molecule has 2 unspecified atom stereocenters. The van der Waals surface area contributed by atoms with Crippen LogP contribution in [0.15, 0.2) is 34.9 Å². The number of hydrogen-bond acceptors (Lipinski definition) is 5. The third-order valence-electron chi connectivity index (χ3n) is 5.05. The molecular weight excluding hydrogens is 377 g/mol. The number of nitrogens with zero attached hydrogens (tertiary/aromatic N) is 2. The van der Waals surface area contributed by atoms with E-state index in [4.69, 9.17) is 4.42 Å². The van der Waals surface area contributed by atoms with Crippen molar-refractivity contribution in [3.05, 3.63) is 36.4 Å². The minimum atomic E-state index is -5.02. The van der Waals surface area contributed by atoms with E-state index in [-0.39, 0.29) is 28.9 Å². The number of carbonyl (C=O) groups is 2. The van der Waals surface area contributed by atoms with Crippen molar-refractivity contribution in [2.45, 2.75) is 18.6 Å². The Hall–Kier alpha value is -2.88. The Morgan fingerprint density at radius 1 is 1.21 bits per heavy atom. The van der Waals surface area contributed by atoms with Gasteiger partial charge in [0, 0.05) is 24.7 Å². The summed E-state index contributed by atoms with van der Waals surface area (Å²) in [4.78, 5) is 29.9. The van der Waals surface area contributed by atoms with Crippen molar-refractivity contribution < 1.29 is 27.2 Å². The summed E-state index contributed by atoms with van der Waals surface area (Å²) in [5.74, 6) is -2.24. The van der Waals surface area contributed by atoms with Gasteiger partial charge in [0.15, 0.2) is 5.76 Å². The van der Waals surface area contributed by atoms with Crippen molar-refractivity contribution in [3.63, 3.8) is 0 Å². The number of para-hydroxylation sites is 1. The number of halogens is 3. The highest BCUT2D eigenvalue weighted by Crippen LogP contribution is 2.31. The Morgan fingerprint density at radius 2 is 2.00 bits per heavy atom. The van der Waals surface area contributed by atoms with Crippen molar-refractivity contribution in [2.24, 2.45) is 5.92 Å². The van der Waals surface area contributed by atoms with E-state index in [1.807, 2.05) is 0 Å². The molecule has 2 aliphatic rings. The molecule has 0 radical (unpaired) electrons. The summed E-state index contributed by atoms with van der Waals surface area (Å²) >= 11 is 0. The fourth-order valence-electron chi connectivity index (χ4n) is 3.68. The van der Waals surface area contributed by atoms with Crippen molar-refractivity contribution in [3.8, 4) is 11.3 Å². The molecule has 0 spiro atoms. The first-order valence-corrected chi connectivity index (χ1v) is 8.78. The fourth-order valence-corrected chi connectivity index (χ4v) is 3.68. The van der Waals surface area contributed by atoms with Crippen LogP contribution in [0.4, 0.5) is 18.9 Å². The topological polar surface area (TPSA) is 87.5 Å². The first kappa shape index (κ1) is 18.5. The number of nitrogens with one attached hydrogen (secondary N) is 2. The molecular formula is C18H17F3N4O3. The van der Waals surface area contributed by atoms with Gasteiger partial charge in [-0.3, -0.25) is 9.59 Å². The lowest BCUT2D eigenvalue weighted by molar-refractivity contribution is -0.167. The second-order valence-corrected chi connectivity index (χ2v) is 6.92. The van der Waals surface area contributed by atoms with E-state index in [0.717, 1.165) is 26.1 Å². The van der Waals surface area contributed by atoms with E-state index in [0.29, 0.717) is 5.92 Å². The average Bonchev–Trinajstić information content (AvgIpc) is 3.38. The van der Waals surface area contributed by atoms with E-state index in [1.165, 1.54) is 24.4 Å². The largest absolute Gasteiger partial charge is 0.471 e. The molecule has 1 aromatic carbocycles. The van der Waals surface area contributed by atoms with Crippen molar-refractivity contribution in [1.82, 2.24) is 15.2 Å². The predicted octanol–water partition coefficient (Wildman–Crippen LogP) is 2.28. The minimum absolute atomic E-state index is 0.0370. The number of rotatable bonds is 4. The average molecular weight is 394 g/mol. The summed E-state index contributed by atoms with van der Waals surface area (Å²) in [7, 11) is 0. The third-order valence-corrected chi connectivity index (χ3v) is 5.05. The lowest BCUT2D eigenvalue weighted by atomic mass is 10.0. The number of piperidine rings is 1. The van der Waals surface area contributed by atoms with Crippen molar-refractivity contribution >= 4 is 17.5 Å². The van der Waals surface area contributed by atoms with Gasteiger partial charge < -0.3 is 20.0 Å². The molecule has 2 aromatic rings. The van der Waals surface area contributed by atoms with Crippen LogP contribution in [0.2, 0.25) is 0 Å². The van der Waals surface area contributed by atoms with Gasteiger partial charge in [0.1, 0.15) is 0 Å². The van der Waals surface area contributed by atoms with Gasteiger partial charge in [0.05, 0.1) is 11.9 Å².